The fourth-order valence-corrected chi connectivity index (χ4v) is 7.74. The SMILES string of the molecule is CC(=O)O[C@H]1C[C@@H]2[C@H](CC(F)(F)[C@]3(C)C(=O)CC[C@@H]23)[C@]2(C)[C@@H]1CCC[C@H]2OC(C)=O. The third kappa shape index (κ3) is 2.86. The lowest BCUT2D eigenvalue weighted by molar-refractivity contribution is -0.258. The Morgan fingerprint density at radius 1 is 0.967 bits per heavy atom. The molecule has 4 fully saturated rings. The van der Waals surface area contributed by atoms with Gasteiger partial charge >= 0.3 is 11.9 Å². The number of alkyl halides is 2. The maximum Gasteiger partial charge on any atom is 0.302 e. The van der Waals surface area contributed by atoms with Gasteiger partial charge in [0.25, 0.3) is 5.92 Å². The fraction of sp³-hybridized carbons (Fsp3) is 0.870. The number of fused-ring (bicyclic) bond motifs is 5. The summed E-state index contributed by atoms with van der Waals surface area (Å²) < 4.78 is 42.6. The molecule has 4 aliphatic rings. The second-order valence-electron chi connectivity index (χ2n) is 10.3. The molecule has 4 saturated carbocycles. The van der Waals surface area contributed by atoms with Crippen LogP contribution in [0.3, 0.4) is 0 Å². The van der Waals surface area contributed by atoms with Gasteiger partial charge in [0.15, 0.2) is 0 Å². The Morgan fingerprint density at radius 3 is 2.27 bits per heavy atom. The number of Topliss-reactive ketones (excluding diaryl/α,β-unsaturated/α-hetero) is 1. The van der Waals surface area contributed by atoms with Gasteiger partial charge < -0.3 is 9.47 Å². The van der Waals surface area contributed by atoms with Crippen LogP contribution in [0.1, 0.15) is 72.6 Å². The molecule has 4 rings (SSSR count). The summed E-state index contributed by atoms with van der Waals surface area (Å²) in [6.07, 6.45) is 2.01. The maximum absolute atomic E-state index is 15.6. The van der Waals surface area contributed by atoms with Gasteiger partial charge in [-0.1, -0.05) is 6.92 Å². The summed E-state index contributed by atoms with van der Waals surface area (Å²) in [6, 6.07) is 0. The Kier molecular flexibility index (Phi) is 5.06. The van der Waals surface area contributed by atoms with Gasteiger partial charge in [-0.15, -0.1) is 0 Å². The normalized spacial score (nSPS) is 46.9. The average molecular weight is 427 g/mol. The summed E-state index contributed by atoms with van der Waals surface area (Å²) in [5.41, 5.74) is -2.38. The highest BCUT2D eigenvalue weighted by molar-refractivity contribution is 5.88. The predicted octanol–water partition coefficient (Wildman–Crippen LogP) is 4.32. The first-order valence-electron chi connectivity index (χ1n) is 11.2. The van der Waals surface area contributed by atoms with Crippen molar-refractivity contribution in [3.05, 3.63) is 0 Å². The molecule has 0 aromatic rings. The zero-order valence-corrected chi connectivity index (χ0v) is 18.2. The predicted molar refractivity (Wildman–Crippen MR) is 104 cm³/mol. The van der Waals surface area contributed by atoms with Crippen molar-refractivity contribution in [3.8, 4) is 0 Å². The van der Waals surface area contributed by atoms with Crippen molar-refractivity contribution < 1.29 is 32.6 Å². The lowest BCUT2D eigenvalue weighted by Crippen LogP contribution is -2.66. The molecule has 0 N–H and O–H groups in total. The highest BCUT2D eigenvalue weighted by Crippen LogP contribution is 2.69. The summed E-state index contributed by atoms with van der Waals surface area (Å²) in [5, 5.41) is 0. The molecule has 7 heteroatoms. The van der Waals surface area contributed by atoms with Crippen LogP contribution in [0.2, 0.25) is 0 Å². The molecule has 0 saturated heterocycles. The van der Waals surface area contributed by atoms with Crippen LogP contribution in [-0.4, -0.2) is 35.9 Å². The molecule has 0 spiro atoms. The summed E-state index contributed by atoms with van der Waals surface area (Å²) in [5.74, 6) is -5.41. The van der Waals surface area contributed by atoms with Crippen molar-refractivity contribution in [2.45, 2.75) is 90.8 Å². The van der Waals surface area contributed by atoms with Crippen LogP contribution in [0.25, 0.3) is 0 Å². The summed E-state index contributed by atoms with van der Waals surface area (Å²) in [6.45, 7) is 6.10. The molecule has 0 aromatic carbocycles. The van der Waals surface area contributed by atoms with Crippen molar-refractivity contribution in [3.63, 3.8) is 0 Å². The Labute approximate surface area is 176 Å². The van der Waals surface area contributed by atoms with Crippen LogP contribution in [-0.2, 0) is 23.9 Å². The van der Waals surface area contributed by atoms with Gasteiger partial charge in [0.1, 0.15) is 18.0 Å². The zero-order chi connectivity index (χ0) is 22.1. The maximum atomic E-state index is 15.6. The van der Waals surface area contributed by atoms with E-state index in [0.717, 1.165) is 12.8 Å². The van der Waals surface area contributed by atoms with Crippen molar-refractivity contribution in [2.75, 3.05) is 0 Å². The molecule has 0 aliphatic heterocycles. The van der Waals surface area contributed by atoms with Crippen LogP contribution >= 0.6 is 0 Å². The molecule has 0 amide bonds. The van der Waals surface area contributed by atoms with Gasteiger partial charge in [-0.3, -0.25) is 14.4 Å². The first-order chi connectivity index (χ1) is 13.9. The summed E-state index contributed by atoms with van der Waals surface area (Å²) in [4.78, 5) is 36.3. The fourth-order valence-electron chi connectivity index (χ4n) is 7.74. The summed E-state index contributed by atoms with van der Waals surface area (Å²) in [7, 11) is 0. The number of carbonyl (C=O) groups excluding carboxylic acids is 3. The van der Waals surface area contributed by atoms with E-state index in [1.165, 1.54) is 20.8 Å². The van der Waals surface area contributed by atoms with Crippen LogP contribution in [0.5, 0.6) is 0 Å². The molecule has 0 unspecified atom stereocenters. The van der Waals surface area contributed by atoms with Crippen molar-refractivity contribution in [1.29, 1.82) is 0 Å². The third-order valence-corrected chi connectivity index (χ3v) is 9.12. The molecular formula is C23H32F2O5. The largest absolute Gasteiger partial charge is 0.462 e. The van der Waals surface area contributed by atoms with Crippen LogP contribution in [0.15, 0.2) is 0 Å². The number of esters is 2. The van der Waals surface area contributed by atoms with E-state index in [1.54, 1.807) is 0 Å². The van der Waals surface area contributed by atoms with E-state index in [4.69, 9.17) is 9.47 Å². The Morgan fingerprint density at radius 2 is 1.63 bits per heavy atom. The Balaban J connectivity index is 1.81. The molecule has 168 valence electrons. The molecule has 0 radical (unpaired) electrons. The molecule has 30 heavy (non-hydrogen) atoms. The van der Waals surface area contributed by atoms with Crippen molar-refractivity contribution >= 4 is 17.7 Å². The topological polar surface area (TPSA) is 69.7 Å². The van der Waals surface area contributed by atoms with E-state index in [2.05, 4.69) is 0 Å². The van der Waals surface area contributed by atoms with Gasteiger partial charge in [-0.25, -0.2) is 8.78 Å². The number of ketones is 1. The van der Waals surface area contributed by atoms with Gasteiger partial charge in [0.2, 0.25) is 0 Å². The van der Waals surface area contributed by atoms with Crippen LogP contribution < -0.4 is 0 Å². The zero-order valence-electron chi connectivity index (χ0n) is 18.2. The van der Waals surface area contributed by atoms with E-state index < -0.39 is 46.8 Å². The minimum Gasteiger partial charge on any atom is -0.462 e. The minimum atomic E-state index is -3.10. The van der Waals surface area contributed by atoms with E-state index in [0.29, 0.717) is 19.3 Å². The molecule has 5 nitrogen and oxygen atoms in total. The van der Waals surface area contributed by atoms with Gasteiger partial charge in [0, 0.05) is 38.0 Å². The minimum absolute atomic E-state index is 0.141. The first kappa shape index (κ1) is 21.7. The molecule has 0 bridgehead atoms. The van der Waals surface area contributed by atoms with E-state index in [1.807, 2.05) is 6.92 Å². The molecule has 0 aromatic heterocycles. The summed E-state index contributed by atoms with van der Waals surface area (Å²) >= 11 is 0. The highest BCUT2D eigenvalue weighted by Gasteiger charge is 2.73. The monoisotopic (exact) mass is 426 g/mol. The molecular weight excluding hydrogens is 394 g/mol. The van der Waals surface area contributed by atoms with E-state index in [9.17, 15) is 14.4 Å². The second-order valence-corrected chi connectivity index (χ2v) is 10.3. The quantitative estimate of drug-likeness (QED) is 0.615. The van der Waals surface area contributed by atoms with Crippen LogP contribution in [0.4, 0.5) is 8.78 Å². The van der Waals surface area contributed by atoms with Gasteiger partial charge in [0.05, 0.1) is 5.41 Å². The number of ether oxygens (including phenoxy) is 2. The average Bonchev–Trinajstić information content (AvgIpc) is 2.94. The van der Waals surface area contributed by atoms with E-state index in [-0.39, 0.29) is 36.4 Å². The van der Waals surface area contributed by atoms with Crippen molar-refractivity contribution in [1.82, 2.24) is 0 Å². The number of hydrogen-bond donors (Lipinski definition) is 0. The number of rotatable bonds is 2. The lowest BCUT2D eigenvalue weighted by atomic mass is 9.43. The van der Waals surface area contributed by atoms with Crippen LogP contribution in [0, 0.1) is 34.5 Å². The Bertz CT molecular complexity index is 767. The molecule has 4 aliphatic carbocycles. The first-order valence-corrected chi connectivity index (χ1v) is 11.2. The Hall–Kier alpha value is -1.53. The van der Waals surface area contributed by atoms with Gasteiger partial charge in [-0.2, -0.15) is 0 Å². The molecule has 0 heterocycles. The number of carbonyl (C=O) groups is 3. The lowest BCUT2D eigenvalue weighted by Gasteiger charge is -2.63. The number of hydrogen-bond acceptors (Lipinski definition) is 5. The standard InChI is InChI=1S/C23H32F2O5/c1-12(26)29-18-10-14-15-8-9-19(28)22(15,4)23(24,25)11-17(14)21(3)16(18)6-5-7-20(21)30-13(2)27/h14-18,20H,5-11H2,1-4H3/t14-,15-,16+,17-,18-,20+,21-,22-/m0/s1. The highest BCUT2D eigenvalue weighted by atomic mass is 19.3. The van der Waals surface area contributed by atoms with E-state index >= 15 is 8.78 Å². The molecule has 8 atom stereocenters. The second kappa shape index (κ2) is 6.99. The smallest absolute Gasteiger partial charge is 0.302 e. The van der Waals surface area contributed by atoms with Crippen molar-refractivity contribution in [2.24, 2.45) is 34.5 Å². The number of halogens is 2. The third-order valence-electron chi connectivity index (χ3n) is 9.12. The van der Waals surface area contributed by atoms with Gasteiger partial charge in [-0.05, 0) is 56.8 Å².